The summed E-state index contributed by atoms with van der Waals surface area (Å²) < 4.78 is 14.2. The molecule has 2 atom stereocenters. The van der Waals surface area contributed by atoms with E-state index in [1.54, 1.807) is 47.4 Å². The van der Waals surface area contributed by atoms with Crippen LogP contribution in [0.3, 0.4) is 0 Å². The van der Waals surface area contributed by atoms with Gasteiger partial charge in [-0.05, 0) is 61.9 Å². The average Bonchev–Trinajstić information content (AvgIpc) is 2.87. The molecular weight excluding hydrogens is 476 g/mol. The minimum Gasteiger partial charge on any atom is -0.606 e. The number of benzene rings is 3. The molecule has 3 aromatic carbocycles. The van der Waals surface area contributed by atoms with Crippen LogP contribution in [0.15, 0.2) is 81.0 Å². The number of nitrogens with one attached hydrogen (secondary N) is 1. The van der Waals surface area contributed by atoms with Crippen molar-refractivity contribution in [3.05, 3.63) is 87.9 Å². The molecule has 2 amide bonds. The maximum atomic E-state index is 13.2. The van der Waals surface area contributed by atoms with Crippen molar-refractivity contribution in [1.82, 2.24) is 5.32 Å². The summed E-state index contributed by atoms with van der Waals surface area (Å²) in [6.07, 6.45) is 0. The molecule has 1 aliphatic heterocycles. The fraction of sp³-hybridized carbons (Fsp3) is 0.167. The van der Waals surface area contributed by atoms with Crippen LogP contribution in [0.1, 0.15) is 46.2 Å². The molecule has 0 aromatic heterocycles. The molecule has 0 aliphatic carbocycles. The molecule has 1 aliphatic rings. The zero-order chi connectivity index (χ0) is 22.1. The number of carbonyl (C=O) groups excluding carboxylic acids is 2. The van der Waals surface area contributed by atoms with Crippen LogP contribution in [-0.4, -0.2) is 22.9 Å². The molecule has 0 fully saturated rings. The lowest BCUT2D eigenvalue weighted by molar-refractivity contribution is 0.0937. The standard InChI is InChI=1S/C24H21BrN2O3S/c1-3-27-20-14-17(23(28)26-15(2)16-8-11-18(25)12-9-16)10-13-22(20)31(30)21-7-5-4-6-19(21)24(27)29/h4-15H,3H2,1-2H3,(H,26,28)/t15-,31-/m1/s1. The van der Waals surface area contributed by atoms with Crippen LogP contribution in [0.25, 0.3) is 0 Å². The molecule has 3 aromatic rings. The molecule has 0 unspecified atom stereocenters. The van der Waals surface area contributed by atoms with Gasteiger partial charge in [-0.25, -0.2) is 0 Å². The van der Waals surface area contributed by atoms with Gasteiger partial charge in [-0.1, -0.05) is 40.2 Å². The van der Waals surface area contributed by atoms with Gasteiger partial charge in [0.05, 0.1) is 11.6 Å². The first-order valence-corrected chi connectivity index (χ1v) is 11.9. The van der Waals surface area contributed by atoms with Crippen molar-refractivity contribution < 1.29 is 14.1 Å². The third-order valence-corrected chi connectivity index (χ3v) is 7.34. The Balaban J connectivity index is 1.67. The largest absolute Gasteiger partial charge is 0.606 e. The first-order valence-electron chi connectivity index (χ1n) is 9.93. The summed E-state index contributed by atoms with van der Waals surface area (Å²) in [4.78, 5) is 28.7. The van der Waals surface area contributed by atoms with E-state index in [1.807, 2.05) is 38.1 Å². The SMILES string of the molecule is CCN1C(=O)c2ccccc2[S@@+]([O-])c2ccc(C(=O)N[C@H](C)c3ccc(Br)cc3)cc21. The van der Waals surface area contributed by atoms with E-state index in [0.29, 0.717) is 33.2 Å². The van der Waals surface area contributed by atoms with Crippen molar-refractivity contribution in [2.45, 2.75) is 29.7 Å². The summed E-state index contributed by atoms with van der Waals surface area (Å²) in [5.74, 6) is -0.472. The number of halogens is 1. The number of nitrogens with zero attached hydrogens (tertiary/aromatic N) is 1. The summed E-state index contributed by atoms with van der Waals surface area (Å²) in [6.45, 7) is 4.18. The highest BCUT2D eigenvalue weighted by Crippen LogP contribution is 2.37. The topological polar surface area (TPSA) is 72.5 Å². The number of hydrogen-bond acceptors (Lipinski definition) is 3. The van der Waals surface area contributed by atoms with Gasteiger partial charge in [0.1, 0.15) is 5.69 Å². The van der Waals surface area contributed by atoms with E-state index in [1.165, 1.54) is 0 Å². The number of fused-ring (bicyclic) bond motifs is 2. The maximum Gasteiger partial charge on any atom is 0.263 e. The number of anilines is 1. The lowest BCUT2D eigenvalue weighted by atomic mass is 10.1. The Bertz CT molecular complexity index is 1150. The molecular formula is C24H21BrN2O3S. The van der Waals surface area contributed by atoms with Gasteiger partial charge >= 0.3 is 0 Å². The molecule has 158 valence electrons. The molecule has 0 radical (unpaired) electrons. The minimum atomic E-state index is -1.51. The van der Waals surface area contributed by atoms with Gasteiger partial charge in [0, 0.05) is 27.8 Å². The normalized spacial score (nSPS) is 16.2. The molecule has 0 saturated carbocycles. The van der Waals surface area contributed by atoms with Gasteiger partial charge < -0.3 is 14.8 Å². The lowest BCUT2D eigenvalue weighted by Crippen LogP contribution is -2.31. The summed E-state index contributed by atoms with van der Waals surface area (Å²) >= 11 is 1.90. The monoisotopic (exact) mass is 496 g/mol. The third-order valence-electron chi connectivity index (χ3n) is 5.31. The van der Waals surface area contributed by atoms with Gasteiger partial charge in [-0.3, -0.25) is 9.59 Å². The second-order valence-electron chi connectivity index (χ2n) is 7.24. The highest BCUT2D eigenvalue weighted by molar-refractivity contribution is 9.10. The fourth-order valence-corrected chi connectivity index (χ4v) is 5.24. The van der Waals surface area contributed by atoms with E-state index in [4.69, 9.17) is 0 Å². The maximum absolute atomic E-state index is 13.2. The van der Waals surface area contributed by atoms with Crippen LogP contribution in [-0.2, 0) is 11.2 Å². The highest BCUT2D eigenvalue weighted by atomic mass is 79.9. The van der Waals surface area contributed by atoms with Crippen LogP contribution in [0.5, 0.6) is 0 Å². The van der Waals surface area contributed by atoms with Gasteiger partial charge in [0.25, 0.3) is 11.8 Å². The Labute approximate surface area is 192 Å². The number of amides is 2. The van der Waals surface area contributed by atoms with Crippen LogP contribution in [0, 0.1) is 0 Å². The van der Waals surface area contributed by atoms with E-state index in [0.717, 1.165) is 10.0 Å². The zero-order valence-electron chi connectivity index (χ0n) is 17.1. The van der Waals surface area contributed by atoms with Gasteiger partial charge in [0.15, 0.2) is 9.79 Å². The minimum absolute atomic E-state index is 0.193. The van der Waals surface area contributed by atoms with Gasteiger partial charge in [0.2, 0.25) is 0 Å². The predicted molar refractivity (Wildman–Crippen MR) is 125 cm³/mol. The molecule has 5 nitrogen and oxygen atoms in total. The number of hydrogen-bond donors (Lipinski definition) is 1. The molecule has 0 spiro atoms. The third kappa shape index (κ3) is 4.13. The fourth-order valence-electron chi connectivity index (χ4n) is 3.63. The van der Waals surface area contributed by atoms with Crippen LogP contribution < -0.4 is 10.2 Å². The van der Waals surface area contributed by atoms with Crippen LogP contribution in [0.4, 0.5) is 5.69 Å². The Morgan fingerprint density at radius 1 is 1.10 bits per heavy atom. The van der Waals surface area contributed by atoms with E-state index in [2.05, 4.69) is 21.2 Å². The van der Waals surface area contributed by atoms with Crippen molar-refractivity contribution in [3.63, 3.8) is 0 Å². The van der Waals surface area contributed by atoms with Crippen molar-refractivity contribution in [1.29, 1.82) is 0 Å². The van der Waals surface area contributed by atoms with E-state index in [-0.39, 0.29) is 17.9 Å². The average molecular weight is 497 g/mol. The van der Waals surface area contributed by atoms with Crippen molar-refractivity contribution in [2.75, 3.05) is 11.4 Å². The van der Waals surface area contributed by atoms with E-state index in [9.17, 15) is 14.1 Å². The second-order valence-corrected chi connectivity index (χ2v) is 9.58. The van der Waals surface area contributed by atoms with E-state index >= 15 is 0 Å². The van der Waals surface area contributed by atoms with Crippen LogP contribution >= 0.6 is 15.9 Å². The molecule has 0 saturated heterocycles. The van der Waals surface area contributed by atoms with Crippen LogP contribution in [0.2, 0.25) is 0 Å². The van der Waals surface area contributed by atoms with Crippen molar-refractivity contribution in [2.24, 2.45) is 0 Å². The Morgan fingerprint density at radius 2 is 1.81 bits per heavy atom. The summed E-state index contributed by atoms with van der Waals surface area (Å²) in [5, 5.41) is 2.99. The second kappa shape index (κ2) is 8.86. The van der Waals surface area contributed by atoms with Gasteiger partial charge in [-0.2, -0.15) is 0 Å². The highest BCUT2D eigenvalue weighted by Gasteiger charge is 2.35. The Hall–Kier alpha value is -2.61. The quantitative estimate of drug-likeness (QED) is 0.511. The van der Waals surface area contributed by atoms with E-state index < -0.39 is 11.2 Å². The van der Waals surface area contributed by atoms with Crippen molar-refractivity contribution >= 4 is 44.6 Å². The molecule has 7 heteroatoms. The molecule has 1 N–H and O–H groups in total. The Kier molecular flexibility index (Phi) is 6.18. The first kappa shape index (κ1) is 21.6. The van der Waals surface area contributed by atoms with Crippen molar-refractivity contribution in [3.8, 4) is 0 Å². The summed E-state index contributed by atoms with van der Waals surface area (Å²) in [5.41, 5.74) is 2.32. The molecule has 1 heterocycles. The smallest absolute Gasteiger partial charge is 0.263 e. The molecule has 0 bridgehead atoms. The first-order chi connectivity index (χ1) is 14.9. The summed E-state index contributed by atoms with van der Waals surface area (Å²) in [6, 6.07) is 19.5. The van der Waals surface area contributed by atoms with Gasteiger partial charge in [-0.15, -0.1) is 0 Å². The number of carbonyl (C=O) groups is 2. The Morgan fingerprint density at radius 3 is 2.52 bits per heavy atom. The lowest BCUT2D eigenvalue weighted by Gasteiger charge is -2.21. The number of rotatable bonds is 4. The zero-order valence-corrected chi connectivity index (χ0v) is 19.5. The molecule has 4 rings (SSSR count). The predicted octanol–water partition coefficient (Wildman–Crippen LogP) is 5.09. The summed E-state index contributed by atoms with van der Waals surface area (Å²) in [7, 11) is 0. The molecule has 31 heavy (non-hydrogen) atoms.